The Kier molecular flexibility index (Phi) is 11.2. The van der Waals surface area contributed by atoms with E-state index in [0.29, 0.717) is 38.4 Å². The summed E-state index contributed by atoms with van der Waals surface area (Å²) in [6.45, 7) is 12.6. The van der Waals surface area contributed by atoms with E-state index in [1.807, 2.05) is 20.8 Å². The number of ether oxygens (including phenoxy) is 3. The van der Waals surface area contributed by atoms with Crippen molar-refractivity contribution >= 4 is 24.0 Å². The molecule has 12 nitrogen and oxygen atoms in total. The molecule has 12 heteroatoms. The summed E-state index contributed by atoms with van der Waals surface area (Å²) < 4.78 is 15.9. The second-order valence-electron chi connectivity index (χ2n) is 12.0. The van der Waals surface area contributed by atoms with E-state index in [4.69, 9.17) is 25.4 Å². The number of hydrogen-bond acceptors (Lipinski definition) is 9. The van der Waals surface area contributed by atoms with Crippen LogP contribution < -0.4 is 5.73 Å². The Labute approximate surface area is 232 Å². The topological polar surface area (TPSA) is 142 Å². The average molecular weight is 553 g/mol. The SMILES string of the molecule is COC(=O)CCCN1CCN(CC2CN(CCCC3CCN(C(=O)OC(C)(C)C)C(C(=N)N)C3)C(=O)O2)CC1. The molecular formula is C27H48N6O6. The number of piperazine rings is 1. The Morgan fingerprint density at radius 1 is 1.08 bits per heavy atom. The molecule has 0 aromatic rings. The van der Waals surface area contributed by atoms with Gasteiger partial charge >= 0.3 is 18.2 Å². The Bertz CT molecular complexity index is 856. The van der Waals surface area contributed by atoms with Crippen LogP contribution in [-0.4, -0.2) is 127 Å². The van der Waals surface area contributed by atoms with E-state index >= 15 is 0 Å². The molecule has 2 amide bonds. The second-order valence-corrected chi connectivity index (χ2v) is 12.0. The number of likely N-dealkylation sites (tertiary alicyclic amines) is 1. The molecule has 3 heterocycles. The molecule has 0 aromatic heterocycles. The van der Waals surface area contributed by atoms with Crippen molar-refractivity contribution in [2.24, 2.45) is 11.7 Å². The van der Waals surface area contributed by atoms with Crippen LogP contribution in [0.4, 0.5) is 9.59 Å². The molecule has 3 aliphatic heterocycles. The third kappa shape index (κ3) is 9.82. The molecule has 3 N–H and O–H groups in total. The molecule has 0 aliphatic carbocycles. The normalized spacial score (nSPS) is 24.9. The van der Waals surface area contributed by atoms with Gasteiger partial charge in [0.1, 0.15) is 17.5 Å². The molecule has 3 rings (SSSR count). The van der Waals surface area contributed by atoms with E-state index < -0.39 is 17.7 Å². The van der Waals surface area contributed by atoms with E-state index in [-0.39, 0.29) is 24.0 Å². The standard InChI is InChI=1S/C27H48N6O6/c1-27(2,3)39-26(36)33-12-9-20(17-22(33)24(28)29)7-5-11-32-19-21(38-25(32)35)18-31-15-13-30(14-16-31)10-6-8-23(34)37-4/h20-22H,5-19H2,1-4H3,(H3,28,29). The maximum Gasteiger partial charge on any atom is 0.410 e. The minimum atomic E-state index is -0.599. The van der Waals surface area contributed by atoms with Gasteiger partial charge in [-0.3, -0.25) is 20.0 Å². The van der Waals surface area contributed by atoms with Gasteiger partial charge in [0.2, 0.25) is 0 Å². The fraction of sp³-hybridized carbons (Fsp3) is 0.852. The van der Waals surface area contributed by atoms with Crippen molar-refractivity contribution in [1.82, 2.24) is 19.6 Å². The lowest BCUT2D eigenvalue weighted by molar-refractivity contribution is -0.140. The van der Waals surface area contributed by atoms with Gasteiger partial charge in [-0.1, -0.05) is 0 Å². The van der Waals surface area contributed by atoms with E-state index in [2.05, 4.69) is 9.80 Å². The Balaban J connectivity index is 1.34. The maximum atomic E-state index is 12.6. The number of nitrogens with two attached hydrogens (primary N) is 1. The van der Waals surface area contributed by atoms with Gasteiger partial charge in [-0.15, -0.1) is 0 Å². The Hall–Kier alpha value is -2.60. The van der Waals surface area contributed by atoms with E-state index in [9.17, 15) is 14.4 Å². The minimum Gasteiger partial charge on any atom is -0.469 e. The van der Waals surface area contributed by atoms with Crippen molar-refractivity contribution in [3.8, 4) is 0 Å². The zero-order chi connectivity index (χ0) is 28.6. The van der Waals surface area contributed by atoms with Crippen LogP contribution in [0.25, 0.3) is 0 Å². The first-order chi connectivity index (χ1) is 18.4. The second kappa shape index (κ2) is 14.2. The first-order valence-corrected chi connectivity index (χ1v) is 14.3. The van der Waals surface area contributed by atoms with Crippen LogP contribution in [0, 0.1) is 11.3 Å². The van der Waals surface area contributed by atoms with Crippen LogP contribution >= 0.6 is 0 Å². The highest BCUT2D eigenvalue weighted by atomic mass is 16.6. The van der Waals surface area contributed by atoms with Crippen LogP contribution in [0.5, 0.6) is 0 Å². The summed E-state index contributed by atoms with van der Waals surface area (Å²) in [4.78, 5) is 44.4. The first-order valence-electron chi connectivity index (χ1n) is 14.3. The molecule has 0 bridgehead atoms. The molecule has 0 radical (unpaired) electrons. The van der Waals surface area contributed by atoms with E-state index in [1.54, 1.807) is 9.80 Å². The van der Waals surface area contributed by atoms with Gasteiger partial charge in [0, 0.05) is 52.2 Å². The van der Waals surface area contributed by atoms with Crippen molar-refractivity contribution in [2.75, 3.05) is 66.0 Å². The molecule has 3 unspecified atom stereocenters. The quantitative estimate of drug-likeness (QED) is 0.171. The molecule has 0 aromatic carbocycles. The molecule has 0 saturated carbocycles. The highest BCUT2D eigenvalue weighted by molar-refractivity contribution is 5.86. The van der Waals surface area contributed by atoms with Crippen LogP contribution in [0.15, 0.2) is 0 Å². The number of methoxy groups -OCH3 is 1. The predicted octanol–water partition coefficient (Wildman–Crippen LogP) is 2.11. The number of amides is 2. The van der Waals surface area contributed by atoms with Crippen molar-refractivity contribution in [1.29, 1.82) is 5.41 Å². The van der Waals surface area contributed by atoms with Gasteiger partial charge in [0.05, 0.1) is 19.7 Å². The number of piperidine rings is 1. The van der Waals surface area contributed by atoms with Gasteiger partial charge in [-0.2, -0.15) is 0 Å². The van der Waals surface area contributed by atoms with Gasteiger partial charge in [-0.25, -0.2) is 9.59 Å². The fourth-order valence-electron chi connectivity index (χ4n) is 5.59. The maximum absolute atomic E-state index is 12.6. The van der Waals surface area contributed by atoms with Gasteiger partial charge in [0.15, 0.2) is 0 Å². The molecule has 3 saturated heterocycles. The van der Waals surface area contributed by atoms with Gasteiger partial charge < -0.3 is 29.7 Å². The number of amidine groups is 1. The highest BCUT2D eigenvalue weighted by Gasteiger charge is 2.37. The molecule has 3 aliphatic rings. The third-order valence-electron chi connectivity index (χ3n) is 7.70. The summed E-state index contributed by atoms with van der Waals surface area (Å²) in [6.07, 6.45) is 3.66. The molecule has 222 valence electrons. The summed E-state index contributed by atoms with van der Waals surface area (Å²) in [6, 6.07) is -0.451. The number of carbonyl (C=O) groups is 3. The minimum absolute atomic E-state index is 0.0152. The number of hydrogen-bond donors (Lipinski definition) is 2. The molecular weight excluding hydrogens is 504 g/mol. The number of nitrogens with zero attached hydrogens (tertiary/aromatic N) is 4. The lowest BCUT2D eigenvalue weighted by Gasteiger charge is -2.39. The zero-order valence-corrected chi connectivity index (χ0v) is 24.2. The molecule has 3 fully saturated rings. The van der Waals surface area contributed by atoms with Crippen LogP contribution in [0.1, 0.15) is 59.3 Å². The van der Waals surface area contributed by atoms with Crippen LogP contribution in [0.3, 0.4) is 0 Å². The first kappa shape index (κ1) is 30.9. The number of esters is 1. The molecule has 39 heavy (non-hydrogen) atoms. The number of cyclic esters (lactones) is 1. The highest BCUT2D eigenvalue weighted by Crippen LogP contribution is 2.28. The average Bonchev–Trinajstić information content (AvgIpc) is 3.22. The van der Waals surface area contributed by atoms with Crippen LogP contribution in [-0.2, 0) is 19.0 Å². The number of carbonyl (C=O) groups excluding carboxylic acids is 3. The van der Waals surface area contributed by atoms with Crippen molar-refractivity contribution in [2.45, 2.75) is 77.0 Å². The number of rotatable bonds is 11. The summed E-state index contributed by atoms with van der Waals surface area (Å²) in [5.74, 6) is 0.152. The summed E-state index contributed by atoms with van der Waals surface area (Å²) in [7, 11) is 1.42. The van der Waals surface area contributed by atoms with Crippen molar-refractivity contribution in [3.63, 3.8) is 0 Å². The van der Waals surface area contributed by atoms with E-state index in [1.165, 1.54) is 7.11 Å². The zero-order valence-electron chi connectivity index (χ0n) is 24.2. The van der Waals surface area contributed by atoms with Crippen molar-refractivity contribution < 1.29 is 28.6 Å². The fourth-order valence-corrected chi connectivity index (χ4v) is 5.59. The molecule has 0 spiro atoms. The van der Waals surface area contributed by atoms with Crippen molar-refractivity contribution in [3.05, 3.63) is 0 Å². The monoisotopic (exact) mass is 552 g/mol. The smallest absolute Gasteiger partial charge is 0.410 e. The predicted molar refractivity (Wildman–Crippen MR) is 147 cm³/mol. The summed E-state index contributed by atoms with van der Waals surface area (Å²) >= 11 is 0. The van der Waals surface area contributed by atoms with E-state index in [0.717, 1.165) is 65.0 Å². The summed E-state index contributed by atoms with van der Waals surface area (Å²) in [5.41, 5.74) is 5.25. The van der Waals surface area contributed by atoms with Gasteiger partial charge in [-0.05, 0) is 65.3 Å². The van der Waals surface area contributed by atoms with Crippen LogP contribution in [0.2, 0.25) is 0 Å². The summed E-state index contributed by atoms with van der Waals surface area (Å²) in [5, 5.41) is 8.00. The number of nitrogens with one attached hydrogen (secondary N) is 1. The Morgan fingerprint density at radius 3 is 2.41 bits per heavy atom. The van der Waals surface area contributed by atoms with Gasteiger partial charge in [0.25, 0.3) is 0 Å². The third-order valence-corrected chi connectivity index (χ3v) is 7.70. The molecule has 3 atom stereocenters. The largest absolute Gasteiger partial charge is 0.469 e. The Morgan fingerprint density at radius 2 is 1.77 bits per heavy atom. The lowest BCUT2D eigenvalue weighted by Crippen LogP contribution is -2.53. The lowest BCUT2D eigenvalue weighted by atomic mass is 9.87.